The van der Waals surface area contributed by atoms with Crippen LogP contribution in [-0.2, 0) is 13.0 Å². The lowest BCUT2D eigenvalue weighted by Gasteiger charge is -2.02. The Morgan fingerprint density at radius 2 is 2.06 bits per heavy atom. The molecule has 0 saturated carbocycles. The number of benzene rings is 1. The van der Waals surface area contributed by atoms with Gasteiger partial charge < -0.3 is 11.1 Å². The second-order valence-corrected chi connectivity index (χ2v) is 4.96. The van der Waals surface area contributed by atoms with E-state index in [0.29, 0.717) is 6.54 Å². The number of anilines is 1. The summed E-state index contributed by atoms with van der Waals surface area (Å²) in [6, 6.07) is 7.79. The van der Waals surface area contributed by atoms with E-state index in [2.05, 4.69) is 10.3 Å². The number of nitrogens with zero attached hydrogens (tertiary/aromatic N) is 1. The Morgan fingerprint density at radius 3 is 2.76 bits per heavy atom. The fourth-order valence-corrected chi connectivity index (χ4v) is 2.30. The van der Waals surface area contributed by atoms with Crippen LogP contribution in [0.25, 0.3) is 0 Å². The van der Waals surface area contributed by atoms with Crippen molar-refractivity contribution >= 4 is 28.1 Å². The zero-order chi connectivity index (χ0) is 12.1. The van der Waals surface area contributed by atoms with Crippen LogP contribution in [0.1, 0.15) is 11.3 Å². The van der Waals surface area contributed by atoms with Crippen LogP contribution >= 0.6 is 22.9 Å². The van der Waals surface area contributed by atoms with E-state index >= 15 is 0 Å². The second-order valence-electron chi connectivity index (χ2n) is 3.66. The fourth-order valence-electron chi connectivity index (χ4n) is 1.43. The molecule has 0 aliphatic carbocycles. The molecule has 0 aliphatic rings. The van der Waals surface area contributed by atoms with Crippen LogP contribution in [0.2, 0.25) is 5.02 Å². The predicted octanol–water partition coefficient (Wildman–Crippen LogP) is 2.91. The summed E-state index contributed by atoms with van der Waals surface area (Å²) in [7, 11) is 0. The first kappa shape index (κ1) is 12.4. The van der Waals surface area contributed by atoms with Gasteiger partial charge in [-0.15, -0.1) is 11.3 Å². The van der Waals surface area contributed by atoms with E-state index in [0.717, 1.165) is 28.8 Å². The minimum absolute atomic E-state index is 0.639. The number of halogens is 1. The first-order valence-corrected chi connectivity index (χ1v) is 6.66. The summed E-state index contributed by atoms with van der Waals surface area (Å²) in [4.78, 5) is 4.43. The summed E-state index contributed by atoms with van der Waals surface area (Å²) in [5, 5.41) is 7.01. The third-order valence-corrected chi connectivity index (χ3v) is 3.41. The number of aromatic nitrogens is 1. The van der Waals surface area contributed by atoms with Crippen LogP contribution in [0, 0.1) is 0 Å². The van der Waals surface area contributed by atoms with Crippen LogP contribution in [0.3, 0.4) is 0 Å². The molecule has 1 aromatic heterocycles. The summed E-state index contributed by atoms with van der Waals surface area (Å²) in [5.74, 6) is 0. The Bertz CT molecular complexity index is 467. The molecule has 3 N–H and O–H groups in total. The number of hydrogen-bond donors (Lipinski definition) is 2. The SMILES string of the molecule is NCCc1csc(NCc2ccc(Cl)cc2)n1. The molecule has 0 fully saturated rings. The molecule has 0 spiro atoms. The topological polar surface area (TPSA) is 50.9 Å². The average molecular weight is 268 g/mol. The van der Waals surface area contributed by atoms with E-state index in [9.17, 15) is 0 Å². The van der Waals surface area contributed by atoms with E-state index in [1.54, 1.807) is 11.3 Å². The van der Waals surface area contributed by atoms with Gasteiger partial charge in [0.1, 0.15) is 0 Å². The molecule has 3 nitrogen and oxygen atoms in total. The first-order chi connectivity index (χ1) is 8.28. The van der Waals surface area contributed by atoms with Gasteiger partial charge in [-0.3, -0.25) is 0 Å². The fraction of sp³-hybridized carbons (Fsp3) is 0.250. The van der Waals surface area contributed by atoms with Crippen molar-refractivity contribution in [1.29, 1.82) is 0 Å². The molecular weight excluding hydrogens is 254 g/mol. The van der Waals surface area contributed by atoms with Crippen LogP contribution in [0.15, 0.2) is 29.6 Å². The number of thiazole rings is 1. The summed E-state index contributed by atoms with van der Waals surface area (Å²) in [6.07, 6.45) is 0.832. The Hall–Kier alpha value is -1.10. The molecule has 1 aromatic carbocycles. The highest BCUT2D eigenvalue weighted by atomic mass is 35.5. The van der Waals surface area contributed by atoms with E-state index in [-0.39, 0.29) is 0 Å². The maximum absolute atomic E-state index is 5.82. The van der Waals surface area contributed by atoms with Gasteiger partial charge >= 0.3 is 0 Å². The van der Waals surface area contributed by atoms with Crippen molar-refractivity contribution in [1.82, 2.24) is 4.98 Å². The molecule has 0 radical (unpaired) electrons. The molecule has 0 amide bonds. The van der Waals surface area contributed by atoms with E-state index < -0.39 is 0 Å². The molecule has 0 unspecified atom stereocenters. The van der Waals surface area contributed by atoms with Crippen LogP contribution in [0.4, 0.5) is 5.13 Å². The highest BCUT2D eigenvalue weighted by Crippen LogP contribution is 2.17. The zero-order valence-electron chi connectivity index (χ0n) is 9.32. The Labute approximate surface area is 110 Å². The molecule has 0 saturated heterocycles. The molecular formula is C12H14ClN3S. The van der Waals surface area contributed by atoms with E-state index in [4.69, 9.17) is 17.3 Å². The smallest absolute Gasteiger partial charge is 0.183 e. The zero-order valence-corrected chi connectivity index (χ0v) is 10.9. The lowest BCUT2D eigenvalue weighted by atomic mass is 10.2. The van der Waals surface area contributed by atoms with Gasteiger partial charge in [-0.25, -0.2) is 4.98 Å². The van der Waals surface area contributed by atoms with Crippen molar-refractivity contribution in [3.05, 3.63) is 45.9 Å². The largest absolute Gasteiger partial charge is 0.357 e. The van der Waals surface area contributed by atoms with Crippen molar-refractivity contribution in [2.75, 3.05) is 11.9 Å². The first-order valence-electron chi connectivity index (χ1n) is 5.40. The maximum atomic E-state index is 5.82. The summed E-state index contributed by atoms with van der Waals surface area (Å²) in [6.45, 7) is 1.40. The van der Waals surface area contributed by atoms with E-state index in [1.165, 1.54) is 5.56 Å². The average Bonchev–Trinajstić information content (AvgIpc) is 2.77. The monoisotopic (exact) mass is 267 g/mol. The van der Waals surface area contributed by atoms with Gasteiger partial charge in [0.15, 0.2) is 5.13 Å². The summed E-state index contributed by atoms with van der Waals surface area (Å²) >= 11 is 7.43. The number of nitrogens with two attached hydrogens (primary N) is 1. The Morgan fingerprint density at radius 1 is 1.29 bits per heavy atom. The van der Waals surface area contributed by atoms with Crippen molar-refractivity contribution in [3.8, 4) is 0 Å². The lowest BCUT2D eigenvalue weighted by Crippen LogP contribution is -2.03. The molecule has 2 rings (SSSR count). The van der Waals surface area contributed by atoms with Crippen molar-refractivity contribution in [2.24, 2.45) is 5.73 Å². The second kappa shape index (κ2) is 6.00. The van der Waals surface area contributed by atoms with Crippen molar-refractivity contribution in [2.45, 2.75) is 13.0 Å². The molecule has 0 atom stereocenters. The lowest BCUT2D eigenvalue weighted by molar-refractivity contribution is 0.933. The minimum atomic E-state index is 0.639. The molecule has 17 heavy (non-hydrogen) atoms. The summed E-state index contributed by atoms with van der Waals surface area (Å²) < 4.78 is 0. The van der Waals surface area contributed by atoms with Crippen LogP contribution in [-0.4, -0.2) is 11.5 Å². The van der Waals surface area contributed by atoms with Crippen molar-refractivity contribution in [3.63, 3.8) is 0 Å². The van der Waals surface area contributed by atoms with Crippen molar-refractivity contribution < 1.29 is 0 Å². The van der Waals surface area contributed by atoms with Gasteiger partial charge in [-0.2, -0.15) is 0 Å². The van der Waals surface area contributed by atoms with Crippen LogP contribution in [0.5, 0.6) is 0 Å². The minimum Gasteiger partial charge on any atom is -0.357 e. The molecule has 1 heterocycles. The normalized spacial score (nSPS) is 10.5. The molecule has 5 heteroatoms. The van der Waals surface area contributed by atoms with Gasteiger partial charge in [0.2, 0.25) is 0 Å². The predicted molar refractivity (Wildman–Crippen MR) is 73.7 cm³/mol. The molecule has 0 bridgehead atoms. The Balaban J connectivity index is 1.90. The third-order valence-electron chi connectivity index (χ3n) is 2.31. The van der Waals surface area contributed by atoms with Gasteiger partial charge in [0, 0.05) is 23.4 Å². The Kier molecular flexibility index (Phi) is 4.36. The van der Waals surface area contributed by atoms with Gasteiger partial charge in [0.25, 0.3) is 0 Å². The molecule has 90 valence electrons. The third kappa shape index (κ3) is 3.70. The highest BCUT2D eigenvalue weighted by Gasteiger charge is 2.00. The maximum Gasteiger partial charge on any atom is 0.183 e. The standard InChI is InChI=1S/C12H14ClN3S/c13-10-3-1-9(2-4-10)7-15-12-16-11(5-6-14)8-17-12/h1-4,8H,5-7,14H2,(H,15,16). The quantitative estimate of drug-likeness (QED) is 0.876. The van der Waals surface area contributed by atoms with E-state index in [1.807, 2.05) is 29.6 Å². The highest BCUT2D eigenvalue weighted by molar-refractivity contribution is 7.13. The van der Waals surface area contributed by atoms with Gasteiger partial charge in [-0.1, -0.05) is 23.7 Å². The summed E-state index contributed by atoms with van der Waals surface area (Å²) in [5.41, 5.74) is 7.72. The molecule has 2 aromatic rings. The number of hydrogen-bond acceptors (Lipinski definition) is 4. The van der Waals surface area contributed by atoms with Gasteiger partial charge in [-0.05, 0) is 24.2 Å². The number of rotatable bonds is 5. The molecule has 0 aliphatic heterocycles. The van der Waals surface area contributed by atoms with Crippen LogP contribution < -0.4 is 11.1 Å². The number of nitrogens with one attached hydrogen (secondary N) is 1. The van der Waals surface area contributed by atoms with Gasteiger partial charge in [0.05, 0.1) is 5.69 Å².